The molecule has 0 unspecified atom stereocenters. The molecule has 200 valence electrons. The molecule has 4 aromatic rings. The predicted molar refractivity (Wildman–Crippen MR) is 144 cm³/mol. The molecule has 1 aliphatic heterocycles. The molecule has 4 heterocycles. The van der Waals surface area contributed by atoms with E-state index in [4.69, 9.17) is 4.84 Å². The van der Waals surface area contributed by atoms with Crippen molar-refractivity contribution in [1.82, 2.24) is 39.6 Å². The lowest BCUT2D eigenvalue weighted by atomic mass is 10.1. The largest absolute Gasteiger partial charge is 0.353 e. The number of rotatable bonds is 12. The van der Waals surface area contributed by atoms with Gasteiger partial charge in [0.05, 0.1) is 25.0 Å². The minimum Gasteiger partial charge on any atom is -0.353 e. The fourth-order valence-corrected chi connectivity index (χ4v) is 4.49. The molecule has 1 aliphatic rings. The standard InChI is InChI=1S/C26H34N10O2/c1-19(2)21-17-30-36-24(21)31-25(33-38-15-11-27-23(37)18-34-12-5-6-13-34)32-26(36)28-16-20-8-3-4-9-22(20)35-14-7-10-29-35/h3-4,7-10,14,17,19H,5-6,11-13,15-16,18H2,1-2H3,(H,27,37)(H2,28,31,32,33). The van der Waals surface area contributed by atoms with Gasteiger partial charge in [0.1, 0.15) is 0 Å². The van der Waals surface area contributed by atoms with E-state index < -0.39 is 0 Å². The summed E-state index contributed by atoms with van der Waals surface area (Å²) in [6, 6.07) is 9.95. The molecular weight excluding hydrogens is 484 g/mol. The van der Waals surface area contributed by atoms with Crippen LogP contribution in [0.25, 0.3) is 11.3 Å². The lowest BCUT2D eigenvalue weighted by molar-refractivity contribution is -0.122. The summed E-state index contributed by atoms with van der Waals surface area (Å²) in [5.41, 5.74) is 6.56. The maximum Gasteiger partial charge on any atom is 0.252 e. The third-order valence-electron chi connectivity index (χ3n) is 6.45. The first kappa shape index (κ1) is 25.6. The molecule has 0 atom stereocenters. The van der Waals surface area contributed by atoms with E-state index >= 15 is 0 Å². The van der Waals surface area contributed by atoms with E-state index in [1.807, 2.05) is 47.4 Å². The molecule has 12 nitrogen and oxygen atoms in total. The summed E-state index contributed by atoms with van der Waals surface area (Å²) in [5.74, 6) is 1.08. The Bertz CT molecular complexity index is 1350. The van der Waals surface area contributed by atoms with Crippen LogP contribution in [0.1, 0.15) is 43.7 Å². The number of carbonyl (C=O) groups is 1. The van der Waals surface area contributed by atoms with Crippen molar-refractivity contribution in [3.05, 3.63) is 60.0 Å². The first-order chi connectivity index (χ1) is 18.6. The number of hydrogen-bond donors (Lipinski definition) is 3. The van der Waals surface area contributed by atoms with Crippen molar-refractivity contribution in [2.45, 2.75) is 39.2 Å². The van der Waals surface area contributed by atoms with Gasteiger partial charge in [0.15, 0.2) is 5.65 Å². The quantitative estimate of drug-likeness (QED) is 0.192. The smallest absolute Gasteiger partial charge is 0.252 e. The fourth-order valence-electron chi connectivity index (χ4n) is 4.49. The van der Waals surface area contributed by atoms with Crippen LogP contribution in [0, 0.1) is 0 Å². The number of hydrogen-bond acceptors (Lipinski definition) is 9. The molecule has 0 bridgehead atoms. The van der Waals surface area contributed by atoms with Crippen molar-refractivity contribution >= 4 is 23.5 Å². The molecule has 0 saturated carbocycles. The molecule has 5 rings (SSSR count). The highest BCUT2D eigenvalue weighted by atomic mass is 16.6. The molecular formula is C26H34N10O2. The van der Waals surface area contributed by atoms with Crippen LogP contribution >= 0.6 is 0 Å². The molecule has 3 N–H and O–H groups in total. The van der Waals surface area contributed by atoms with E-state index in [0.29, 0.717) is 37.2 Å². The molecule has 12 heteroatoms. The van der Waals surface area contributed by atoms with E-state index in [1.165, 1.54) is 0 Å². The van der Waals surface area contributed by atoms with Crippen LogP contribution in [0.4, 0.5) is 11.9 Å². The third-order valence-corrected chi connectivity index (χ3v) is 6.45. The topological polar surface area (TPSA) is 127 Å². The predicted octanol–water partition coefficient (Wildman–Crippen LogP) is 2.60. The second-order valence-electron chi connectivity index (χ2n) is 9.58. The number of para-hydroxylation sites is 1. The normalized spacial score (nSPS) is 13.9. The van der Waals surface area contributed by atoms with Crippen molar-refractivity contribution in [3.8, 4) is 5.69 Å². The van der Waals surface area contributed by atoms with Gasteiger partial charge >= 0.3 is 0 Å². The second kappa shape index (κ2) is 12.0. The van der Waals surface area contributed by atoms with E-state index in [9.17, 15) is 4.79 Å². The number of carbonyl (C=O) groups excluding carboxylic acids is 1. The summed E-state index contributed by atoms with van der Waals surface area (Å²) < 4.78 is 3.54. The van der Waals surface area contributed by atoms with Crippen LogP contribution in [0.5, 0.6) is 0 Å². The minimum absolute atomic E-state index is 0.0101. The highest BCUT2D eigenvalue weighted by molar-refractivity contribution is 5.78. The zero-order valence-electron chi connectivity index (χ0n) is 21.8. The molecule has 1 saturated heterocycles. The van der Waals surface area contributed by atoms with Crippen molar-refractivity contribution < 1.29 is 9.63 Å². The van der Waals surface area contributed by atoms with Crippen LogP contribution < -0.4 is 16.1 Å². The highest BCUT2D eigenvalue weighted by Gasteiger charge is 2.17. The van der Waals surface area contributed by atoms with Gasteiger partial charge in [-0.15, -0.1) is 0 Å². The first-order valence-electron chi connectivity index (χ1n) is 13.0. The van der Waals surface area contributed by atoms with Crippen LogP contribution in [0.2, 0.25) is 0 Å². The van der Waals surface area contributed by atoms with Crippen LogP contribution in [-0.4, -0.2) is 73.0 Å². The molecule has 0 radical (unpaired) electrons. The zero-order chi connectivity index (χ0) is 26.3. The Kier molecular flexibility index (Phi) is 8.09. The molecule has 0 aliphatic carbocycles. The average Bonchev–Trinajstić information content (AvgIpc) is 3.69. The van der Waals surface area contributed by atoms with Gasteiger partial charge in [0, 0.05) is 31.0 Å². The highest BCUT2D eigenvalue weighted by Crippen LogP contribution is 2.23. The Morgan fingerprint density at radius 1 is 1.11 bits per heavy atom. The number of fused-ring (bicyclic) bond motifs is 1. The molecule has 0 spiro atoms. The Morgan fingerprint density at radius 2 is 1.95 bits per heavy atom. The van der Waals surface area contributed by atoms with Crippen LogP contribution in [0.3, 0.4) is 0 Å². The summed E-state index contributed by atoms with van der Waals surface area (Å²) in [7, 11) is 0. The number of nitrogens with zero attached hydrogens (tertiary/aromatic N) is 7. The van der Waals surface area contributed by atoms with Gasteiger partial charge in [-0.05, 0) is 49.5 Å². The van der Waals surface area contributed by atoms with Crippen molar-refractivity contribution in [2.24, 2.45) is 0 Å². The maximum atomic E-state index is 12.1. The number of anilines is 2. The van der Waals surface area contributed by atoms with Gasteiger partial charge in [-0.25, -0.2) is 10.2 Å². The molecule has 1 aromatic carbocycles. The monoisotopic (exact) mass is 518 g/mol. The van der Waals surface area contributed by atoms with Crippen molar-refractivity contribution in [3.63, 3.8) is 0 Å². The van der Waals surface area contributed by atoms with Gasteiger partial charge < -0.3 is 10.6 Å². The Morgan fingerprint density at radius 3 is 2.74 bits per heavy atom. The SMILES string of the molecule is CC(C)c1cnn2c(NCc3ccccc3-n3cccn3)nc(NOCCNC(=O)CN3CCCC3)nc12. The maximum absolute atomic E-state index is 12.1. The summed E-state index contributed by atoms with van der Waals surface area (Å²) in [6.45, 7) is 7.78. The van der Waals surface area contributed by atoms with Gasteiger partial charge in [-0.2, -0.15) is 24.7 Å². The van der Waals surface area contributed by atoms with E-state index in [2.05, 4.69) is 55.0 Å². The number of amides is 1. The van der Waals surface area contributed by atoms with Gasteiger partial charge in [0.25, 0.3) is 5.95 Å². The number of nitrogens with one attached hydrogen (secondary N) is 3. The van der Waals surface area contributed by atoms with E-state index in [0.717, 1.165) is 42.7 Å². The van der Waals surface area contributed by atoms with Gasteiger partial charge in [0.2, 0.25) is 11.9 Å². The third kappa shape index (κ3) is 6.09. The number of likely N-dealkylation sites (tertiary alicyclic amines) is 1. The van der Waals surface area contributed by atoms with Crippen LogP contribution in [-0.2, 0) is 16.2 Å². The lowest BCUT2D eigenvalue weighted by Gasteiger charge is -2.14. The van der Waals surface area contributed by atoms with Crippen LogP contribution in [0.15, 0.2) is 48.9 Å². The average molecular weight is 519 g/mol. The van der Waals surface area contributed by atoms with Gasteiger partial charge in [-0.3, -0.25) is 14.5 Å². The van der Waals surface area contributed by atoms with E-state index in [-0.39, 0.29) is 18.4 Å². The fraction of sp³-hybridized carbons (Fsp3) is 0.423. The molecule has 3 aromatic heterocycles. The van der Waals surface area contributed by atoms with Crippen molar-refractivity contribution in [2.75, 3.05) is 43.6 Å². The minimum atomic E-state index is 0.0101. The zero-order valence-corrected chi connectivity index (χ0v) is 21.8. The molecule has 1 amide bonds. The summed E-state index contributed by atoms with van der Waals surface area (Å²) >= 11 is 0. The first-order valence-corrected chi connectivity index (χ1v) is 13.0. The van der Waals surface area contributed by atoms with Crippen molar-refractivity contribution in [1.29, 1.82) is 0 Å². The molecule has 1 fully saturated rings. The number of aromatic nitrogens is 6. The lowest BCUT2D eigenvalue weighted by Crippen LogP contribution is -2.37. The molecule has 38 heavy (non-hydrogen) atoms. The summed E-state index contributed by atoms with van der Waals surface area (Å²) in [4.78, 5) is 29.1. The summed E-state index contributed by atoms with van der Waals surface area (Å²) in [6.07, 6.45) is 7.81. The Balaban J connectivity index is 1.25. The Labute approximate surface area is 221 Å². The second-order valence-corrected chi connectivity index (χ2v) is 9.58. The Hall–Kier alpha value is -4.03. The number of benzene rings is 1. The van der Waals surface area contributed by atoms with Gasteiger partial charge in [-0.1, -0.05) is 32.0 Å². The van der Waals surface area contributed by atoms with E-state index in [1.54, 1.807) is 10.7 Å². The summed E-state index contributed by atoms with van der Waals surface area (Å²) in [5, 5.41) is 15.2.